The number of benzene rings is 1. The van der Waals surface area contributed by atoms with Crippen molar-refractivity contribution in [3.05, 3.63) is 26.7 Å². The predicted molar refractivity (Wildman–Crippen MR) is 77.7 cm³/mol. The van der Waals surface area contributed by atoms with Gasteiger partial charge in [0.25, 0.3) is 0 Å². The Morgan fingerprint density at radius 3 is 2.47 bits per heavy atom. The molecule has 3 nitrogen and oxygen atoms in total. The Bertz CT molecular complexity index is 523. The third-order valence-electron chi connectivity index (χ3n) is 4.06. The number of carbonyl (C=O) groups is 1. The smallest absolute Gasteiger partial charge is 0.306 e. The van der Waals surface area contributed by atoms with Crippen LogP contribution in [0, 0.1) is 12.8 Å². The van der Waals surface area contributed by atoms with E-state index in [1.165, 1.54) is 17.5 Å². The normalized spacial score (nSPS) is 15.9. The predicted octanol–water partition coefficient (Wildman–Crippen LogP) is 3.61. The van der Waals surface area contributed by atoms with Gasteiger partial charge in [-0.3, -0.25) is 4.79 Å². The van der Waals surface area contributed by atoms with Crippen molar-refractivity contribution in [2.75, 3.05) is 0 Å². The van der Waals surface area contributed by atoms with Gasteiger partial charge in [0.1, 0.15) is 5.75 Å². The maximum atomic E-state index is 11.0. The molecule has 2 rings (SSSR count). The van der Waals surface area contributed by atoms with Crippen molar-refractivity contribution >= 4 is 21.9 Å². The summed E-state index contributed by atoms with van der Waals surface area (Å²) in [6.45, 7) is 3.68. The van der Waals surface area contributed by atoms with Crippen molar-refractivity contribution in [2.45, 2.75) is 46.0 Å². The van der Waals surface area contributed by atoms with Crippen LogP contribution in [0.4, 0.5) is 0 Å². The van der Waals surface area contributed by atoms with E-state index in [9.17, 15) is 9.90 Å². The van der Waals surface area contributed by atoms with Crippen LogP contribution in [0.15, 0.2) is 4.47 Å². The fourth-order valence-corrected chi connectivity index (χ4v) is 3.52. The van der Waals surface area contributed by atoms with E-state index in [0.29, 0.717) is 6.42 Å². The quantitative estimate of drug-likeness (QED) is 0.892. The Morgan fingerprint density at radius 2 is 1.89 bits per heavy atom. The van der Waals surface area contributed by atoms with Gasteiger partial charge < -0.3 is 10.2 Å². The van der Waals surface area contributed by atoms with Crippen LogP contribution in [0.1, 0.15) is 42.0 Å². The molecule has 2 N–H and O–H groups in total. The number of phenolic OH excluding ortho intramolecular Hbond substituents is 1. The first-order valence-corrected chi connectivity index (χ1v) is 7.47. The summed E-state index contributed by atoms with van der Waals surface area (Å²) in [6.07, 6.45) is 4.70. The van der Waals surface area contributed by atoms with Gasteiger partial charge in [-0.1, -0.05) is 6.92 Å². The van der Waals surface area contributed by atoms with Gasteiger partial charge in [-0.15, -0.1) is 0 Å². The average Bonchev–Trinajstić information content (AvgIpc) is 2.40. The van der Waals surface area contributed by atoms with E-state index < -0.39 is 11.9 Å². The van der Waals surface area contributed by atoms with Crippen molar-refractivity contribution in [3.63, 3.8) is 0 Å². The molecule has 1 aliphatic rings. The van der Waals surface area contributed by atoms with Crippen LogP contribution >= 0.6 is 15.9 Å². The number of halogens is 1. The van der Waals surface area contributed by atoms with Gasteiger partial charge in [0, 0.05) is 0 Å². The Labute approximate surface area is 121 Å². The van der Waals surface area contributed by atoms with Gasteiger partial charge in [0.2, 0.25) is 0 Å². The van der Waals surface area contributed by atoms with Crippen LogP contribution < -0.4 is 0 Å². The summed E-state index contributed by atoms with van der Waals surface area (Å²) in [5.41, 5.74) is 4.35. The second kappa shape index (κ2) is 5.53. The fourth-order valence-electron chi connectivity index (χ4n) is 2.84. The van der Waals surface area contributed by atoms with Crippen molar-refractivity contribution in [1.82, 2.24) is 0 Å². The van der Waals surface area contributed by atoms with Crippen molar-refractivity contribution < 1.29 is 15.0 Å². The largest absolute Gasteiger partial charge is 0.506 e. The number of fused-ring (bicyclic) bond motifs is 1. The van der Waals surface area contributed by atoms with E-state index in [1.807, 2.05) is 6.92 Å². The van der Waals surface area contributed by atoms with Gasteiger partial charge >= 0.3 is 5.97 Å². The number of rotatable bonds is 3. The molecule has 104 valence electrons. The van der Waals surface area contributed by atoms with Gasteiger partial charge in [0.05, 0.1) is 10.4 Å². The number of carboxylic acid groups (broad SMARTS) is 1. The van der Waals surface area contributed by atoms with E-state index in [-0.39, 0.29) is 5.75 Å². The molecule has 0 spiro atoms. The molecule has 0 heterocycles. The molecule has 0 aliphatic heterocycles. The first-order valence-electron chi connectivity index (χ1n) is 6.68. The maximum absolute atomic E-state index is 11.0. The second-order valence-electron chi connectivity index (χ2n) is 5.37. The number of carboxylic acids is 1. The van der Waals surface area contributed by atoms with Crippen molar-refractivity contribution in [3.8, 4) is 5.75 Å². The molecule has 0 bridgehead atoms. The number of aliphatic carboxylic acids is 1. The van der Waals surface area contributed by atoms with E-state index in [2.05, 4.69) is 15.9 Å². The summed E-state index contributed by atoms with van der Waals surface area (Å²) in [4.78, 5) is 11.0. The van der Waals surface area contributed by atoms with Crippen LogP contribution in [-0.2, 0) is 24.1 Å². The molecule has 1 aliphatic carbocycles. The van der Waals surface area contributed by atoms with Crippen LogP contribution in [-0.4, -0.2) is 16.2 Å². The first-order chi connectivity index (χ1) is 8.93. The van der Waals surface area contributed by atoms with Gasteiger partial charge in [-0.05, 0) is 77.2 Å². The molecule has 1 unspecified atom stereocenters. The Hall–Kier alpha value is -1.03. The lowest BCUT2D eigenvalue weighted by atomic mass is 9.84. The molecule has 1 aromatic carbocycles. The molecule has 0 fully saturated rings. The van der Waals surface area contributed by atoms with Gasteiger partial charge in [0.15, 0.2) is 0 Å². The molecule has 4 heteroatoms. The number of phenols is 1. The molecule has 1 aromatic rings. The lowest BCUT2D eigenvalue weighted by Crippen LogP contribution is -2.15. The van der Waals surface area contributed by atoms with Crippen LogP contribution in [0.5, 0.6) is 5.75 Å². The van der Waals surface area contributed by atoms with Crippen LogP contribution in [0.25, 0.3) is 0 Å². The van der Waals surface area contributed by atoms with Crippen molar-refractivity contribution in [2.24, 2.45) is 5.92 Å². The Kier molecular flexibility index (Phi) is 4.19. The summed E-state index contributed by atoms with van der Waals surface area (Å²) in [6, 6.07) is 0. The first kappa shape index (κ1) is 14.4. The summed E-state index contributed by atoms with van der Waals surface area (Å²) in [7, 11) is 0. The zero-order valence-electron chi connectivity index (χ0n) is 11.3. The van der Waals surface area contributed by atoms with Crippen LogP contribution in [0.2, 0.25) is 0 Å². The average molecular weight is 327 g/mol. The number of aromatic hydroxyl groups is 1. The SMILES string of the molecule is Cc1c(CC(C)C(=O)O)c(O)c(Br)c2c1CCCC2. The topological polar surface area (TPSA) is 57.5 Å². The summed E-state index contributed by atoms with van der Waals surface area (Å²) in [5.74, 6) is -1.09. The molecule has 19 heavy (non-hydrogen) atoms. The molecule has 0 saturated heterocycles. The molecule has 0 amide bonds. The highest BCUT2D eigenvalue weighted by molar-refractivity contribution is 9.10. The maximum Gasteiger partial charge on any atom is 0.306 e. The molecule has 0 radical (unpaired) electrons. The lowest BCUT2D eigenvalue weighted by Gasteiger charge is -2.24. The third kappa shape index (κ3) is 2.64. The molecule has 0 saturated carbocycles. The number of hydrogen-bond acceptors (Lipinski definition) is 2. The highest BCUT2D eigenvalue weighted by Crippen LogP contribution is 2.41. The summed E-state index contributed by atoms with van der Waals surface area (Å²) in [5, 5.41) is 19.4. The number of hydrogen-bond donors (Lipinski definition) is 2. The van der Waals surface area contributed by atoms with Gasteiger partial charge in [-0.25, -0.2) is 0 Å². The zero-order chi connectivity index (χ0) is 14.2. The molecular weight excluding hydrogens is 308 g/mol. The zero-order valence-corrected chi connectivity index (χ0v) is 12.9. The summed E-state index contributed by atoms with van der Waals surface area (Å²) < 4.78 is 0.764. The van der Waals surface area contributed by atoms with Crippen molar-refractivity contribution in [1.29, 1.82) is 0 Å². The molecule has 0 aromatic heterocycles. The lowest BCUT2D eigenvalue weighted by molar-refractivity contribution is -0.141. The molecule has 1 atom stereocenters. The van der Waals surface area contributed by atoms with E-state index in [0.717, 1.165) is 34.9 Å². The highest BCUT2D eigenvalue weighted by atomic mass is 79.9. The second-order valence-corrected chi connectivity index (χ2v) is 6.17. The van der Waals surface area contributed by atoms with E-state index in [1.54, 1.807) is 6.92 Å². The van der Waals surface area contributed by atoms with Gasteiger partial charge in [-0.2, -0.15) is 0 Å². The van der Waals surface area contributed by atoms with E-state index >= 15 is 0 Å². The minimum absolute atomic E-state index is 0.228. The van der Waals surface area contributed by atoms with E-state index in [4.69, 9.17) is 5.11 Å². The third-order valence-corrected chi connectivity index (χ3v) is 4.92. The molecular formula is C15H19BrO3. The summed E-state index contributed by atoms with van der Waals surface area (Å²) >= 11 is 3.48. The standard InChI is InChI=1S/C15H19BrO3/c1-8(15(18)19)7-12-9(2)10-5-3-4-6-11(10)13(16)14(12)17/h8,17H,3-7H2,1-2H3,(H,18,19). The monoisotopic (exact) mass is 326 g/mol. The highest BCUT2D eigenvalue weighted by Gasteiger charge is 2.24. The minimum atomic E-state index is -0.826. The minimum Gasteiger partial charge on any atom is -0.506 e. The Morgan fingerprint density at radius 1 is 1.32 bits per heavy atom. The fraction of sp³-hybridized carbons (Fsp3) is 0.533. The van der Waals surface area contributed by atoms with Crippen LogP contribution in [0.3, 0.4) is 0 Å². The Balaban J connectivity index is 2.49.